The van der Waals surface area contributed by atoms with Crippen LogP contribution in [0.25, 0.3) is 0 Å². The van der Waals surface area contributed by atoms with Gasteiger partial charge in [-0.15, -0.1) is 0 Å². The van der Waals surface area contributed by atoms with E-state index >= 15 is 0 Å². The standard InChI is InChI=1S/C13H17IO4/c1-4-17-11-6-9(14)5-10(13(15)16)12(11)18-7-8(2)3/h5-6,8H,4,7H2,1-3H3,(H,15,16). The third kappa shape index (κ3) is 4.04. The lowest BCUT2D eigenvalue weighted by Crippen LogP contribution is -2.10. The zero-order valence-electron chi connectivity index (χ0n) is 10.7. The first kappa shape index (κ1) is 15.1. The van der Waals surface area contributed by atoms with Crippen molar-refractivity contribution in [1.29, 1.82) is 0 Å². The van der Waals surface area contributed by atoms with Crippen molar-refractivity contribution in [2.45, 2.75) is 20.8 Å². The molecule has 100 valence electrons. The van der Waals surface area contributed by atoms with Crippen molar-refractivity contribution in [2.75, 3.05) is 13.2 Å². The van der Waals surface area contributed by atoms with Gasteiger partial charge in [-0.3, -0.25) is 0 Å². The summed E-state index contributed by atoms with van der Waals surface area (Å²) in [5.74, 6) is 0.120. The highest BCUT2D eigenvalue weighted by molar-refractivity contribution is 14.1. The molecular weight excluding hydrogens is 347 g/mol. The lowest BCUT2D eigenvalue weighted by molar-refractivity contribution is 0.0690. The largest absolute Gasteiger partial charge is 0.490 e. The smallest absolute Gasteiger partial charge is 0.339 e. The van der Waals surface area contributed by atoms with Crippen molar-refractivity contribution in [3.8, 4) is 11.5 Å². The summed E-state index contributed by atoms with van der Waals surface area (Å²) in [6.07, 6.45) is 0. The van der Waals surface area contributed by atoms with Gasteiger partial charge in [0.25, 0.3) is 0 Å². The van der Waals surface area contributed by atoms with Crippen LogP contribution in [-0.2, 0) is 0 Å². The summed E-state index contributed by atoms with van der Waals surface area (Å²) < 4.78 is 11.8. The fourth-order valence-corrected chi connectivity index (χ4v) is 1.98. The second-order valence-corrected chi connectivity index (χ2v) is 5.47. The molecule has 0 unspecified atom stereocenters. The Bertz CT molecular complexity index is 429. The zero-order chi connectivity index (χ0) is 13.7. The van der Waals surface area contributed by atoms with Crippen LogP contribution in [0.5, 0.6) is 11.5 Å². The molecule has 0 atom stereocenters. The number of hydrogen-bond acceptors (Lipinski definition) is 3. The van der Waals surface area contributed by atoms with Gasteiger partial charge >= 0.3 is 5.97 Å². The maximum atomic E-state index is 11.2. The van der Waals surface area contributed by atoms with Gasteiger partial charge in [0.15, 0.2) is 11.5 Å². The molecule has 1 aromatic carbocycles. The quantitative estimate of drug-likeness (QED) is 0.786. The fraction of sp³-hybridized carbons (Fsp3) is 0.462. The molecule has 0 aromatic heterocycles. The highest BCUT2D eigenvalue weighted by Gasteiger charge is 2.18. The molecule has 0 heterocycles. The molecule has 0 aliphatic carbocycles. The van der Waals surface area contributed by atoms with Crippen LogP contribution in [0.2, 0.25) is 0 Å². The van der Waals surface area contributed by atoms with E-state index in [-0.39, 0.29) is 5.56 Å². The first-order valence-corrected chi connectivity index (χ1v) is 6.86. The highest BCUT2D eigenvalue weighted by Crippen LogP contribution is 2.34. The second kappa shape index (κ2) is 6.82. The molecule has 5 heteroatoms. The summed E-state index contributed by atoms with van der Waals surface area (Å²) in [7, 11) is 0. The Hall–Kier alpha value is -0.980. The minimum absolute atomic E-state index is 0.144. The average Bonchev–Trinajstić information content (AvgIpc) is 2.27. The lowest BCUT2D eigenvalue weighted by Gasteiger charge is -2.16. The SMILES string of the molecule is CCOc1cc(I)cc(C(=O)O)c1OCC(C)C. The maximum Gasteiger partial charge on any atom is 0.339 e. The Morgan fingerprint density at radius 1 is 1.39 bits per heavy atom. The van der Waals surface area contributed by atoms with Crippen LogP contribution in [0.15, 0.2) is 12.1 Å². The highest BCUT2D eigenvalue weighted by atomic mass is 127. The molecule has 4 nitrogen and oxygen atoms in total. The number of halogens is 1. The van der Waals surface area contributed by atoms with Crippen molar-refractivity contribution in [2.24, 2.45) is 5.92 Å². The lowest BCUT2D eigenvalue weighted by atomic mass is 10.2. The summed E-state index contributed by atoms with van der Waals surface area (Å²) >= 11 is 2.06. The van der Waals surface area contributed by atoms with E-state index in [2.05, 4.69) is 22.6 Å². The molecule has 0 saturated carbocycles. The summed E-state index contributed by atoms with van der Waals surface area (Å²) in [6.45, 7) is 6.80. The maximum absolute atomic E-state index is 11.2. The van der Waals surface area contributed by atoms with Crippen molar-refractivity contribution >= 4 is 28.6 Å². The molecule has 1 N–H and O–H groups in total. The number of benzene rings is 1. The van der Waals surface area contributed by atoms with Crippen molar-refractivity contribution in [1.82, 2.24) is 0 Å². The van der Waals surface area contributed by atoms with Gasteiger partial charge in [0.1, 0.15) is 5.56 Å². The van der Waals surface area contributed by atoms with Crippen LogP contribution < -0.4 is 9.47 Å². The minimum Gasteiger partial charge on any atom is -0.490 e. The molecule has 0 bridgehead atoms. The molecular formula is C13H17IO4. The van der Waals surface area contributed by atoms with Gasteiger partial charge in [-0.25, -0.2) is 4.79 Å². The Morgan fingerprint density at radius 3 is 2.56 bits per heavy atom. The fourth-order valence-electron chi connectivity index (χ4n) is 1.39. The molecule has 18 heavy (non-hydrogen) atoms. The van der Waals surface area contributed by atoms with Crippen molar-refractivity contribution in [3.05, 3.63) is 21.3 Å². The van der Waals surface area contributed by atoms with E-state index in [1.165, 1.54) is 0 Å². The molecule has 0 saturated heterocycles. The van der Waals surface area contributed by atoms with Crippen LogP contribution in [-0.4, -0.2) is 24.3 Å². The third-order valence-corrected chi connectivity index (χ3v) is 2.73. The van der Waals surface area contributed by atoms with Crippen LogP contribution in [0.1, 0.15) is 31.1 Å². The Kier molecular flexibility index (Phi) is 5.71. The molecule has 0 fully saturated rings. The van der Waals surface area contributed by atoms with E-state index in [0.717, 1.165) is 3.57 Å². The number of carboxylic acid groups (broad SMARTS) is 1. The predicted molar refractivity (Wildman–Crippen MR) is 77.6 cm³/mol. The van der Waals surface area contributed by atoms with Crippen LogP contribution in [0.3, 0.4) is 0 Å². The van der Waals surface area contributed by atoms with E-state index < -0.39 is 5.97 Å². The van der Waals surface area contributed by atoms with Gasteiger partial charge in [-0.2, -0.15) is 0 Å². The van der Waals surface area contributed by atoms with E-state index in [0.29, 0.717) is 30.6 Å². The van der Waals surface area contributed by atoms with Gasteiger partial charge in [-0.05, 0) is 47.6 Å². The van der Waals surface area contributed by atoms with Crippen molar-refractivity contribution < 1.29 is 19.4 Å². The van der Waals surface area contributed by atoms with Crippen LogP contribution in [0, 0.1) is 9.49 Å². The first-order valence-electron chi connectivity index (χ1n) is 5.78. The van der Waals surface area contributed by atoms with Gasteiger partial charge in [0.05, 0.1) is 13.2 Å². The van der Waals surface area contributed by atoms with E-state index in [1.54, 1.807) is 12.1 Å². The Labute approximate surface area is 120 Å². The molecule has 0 aliphatic heterocycles. The molecule has 0 aliphatic rings. The number of carbonyl (C=O) groups is 1. The van der Waals surface area contributed by atoms with Gasteiger partial charge < -0.3 is 14.6 Å². The predicted octanol–water partition coefficient (Wildman–Crippen LogP) is 3.42. The summed E-state index contributed by atoms with van der Waals surface area (Å²) in [5.41, 5.74) is 0.144. The molecule has 0 spiro atoms. The topological polar surface area (TPSA) is 55.8 Å². The second-order valence-electron chi connectivity index (χ2n) is 4.22. The number of aromatic carboxylic acids is 1. The van der Waals surface area contributed by atoms with Gasteiger partial charge in [0.2, 0.25) is 0 Å². The number of ether oxygens (including phenoxy) is 2. The third-order valence-electron chi connectivity index (χ3n) is 2.11. The van der Waals surface area contributed by atoms with E-state index in [4.69, 9.17) is 9.47 Å². The number of hydrogen-bond donors (Lipinski definition) is 1. The minimum atomic E-state index is -1.01. The van der Waals surface area contributed by atoms with Crippen LogP contribution in [0.4, 0.5) is 0 Å². The molecule has 0 radical (unpaired) electrons. The normalized spacial score (nSPS) is 10.5. The Morgan fingerprint density at radius 2 is 2.06 bits per heavy atom. The monoisotopic (exact) mass is 364 g/mol. The van der Waals surface area contributed by atoms with Crippen molar-refractivity contribution in [3.63, 3.8) is 0 Å². The average molecular weight is 364 g/mol. The zero-order valence-corrected chi connectivity index (χ0v) is 12.9. The van der Waals surface area contributed by atoms with E-state index in [1.807, 2.05) is 20.8 Å². The van der Waals surface area contributed by atoms with E-state index in [9.17, 15) is 9.90 Å². The first-order chi connectivity index (χ1) is 8.45. The van der Waals surface area contributed by atoms with Gasteiger partial charge in [-0.1, -0.05) is 13.8 Å². The number of rotatable bonds is 6. The molecule has 1 rings (SSSR count). The molecule has 1 aromatic rings. The Balaban J connectivity index is 3.17. The summed E-state index contributed by atoms with van der Waals surface area (Å²) in [4.78, 5) is 11.2. The molecule has 0 amide bonds. The van der Waals surface area contributed by atoms with Crippen LogP contribution >= 0.6 is 22.6 Å². The van der Waals surface area contributed by atoms with Gasteiger partial charge in [0, 0.05) is 3.57 Å². The summed E-state index contributed by atoms with van der Waals surface area (Å²) in [5, 5.41) is 9.21. The summed E-state index contributed by atoms with van der Waals surface area (Å²) in [6, 6.07) is 3.37. The number of carboxylic acids is 1.